The summed E-state index contributed by atoms with van der Waals surface area (Å²) < 4.78 is 0. The highest BCUT2D eigenvalue weighted by Gasteiger charge is 2.43. The maximum absolute atomic E-state index is 12.3. The molecule has 2 N–H and O–H groups in total. The second kappa shape index (κ2) is 5.69. The van der Waals surface area contributed by atoms with Gasteiger partial charge in [0.25, 0.3) is 0 Å². The topological polar surface area (TPSA) is 66.6 Å². The molecule has 0 saturated carbocycles. The summed E-state index contributed by atoms with van der Waals surface area (Å²) in [6.07, 6.45) is 2.65. The van der Waals surface area contributed by atoms with Crippen LogP contribution >= 0.6 is 0 Å². The van der Waals surface area contributed by atoms with Crippen LogP contribution in [-0.2, 0) is 9.59 Å². The molecule has 1 atom stereocenters. The first kappa shape index (κ1) is 15.0. The summed E-state index contributed by atoms with van der Waals surface area (Å²) in [4.78, 5) is 27.7. The summed E-state index contributed by atoms with van der Waals surface area (Å²) in [5, 5.41) is 0. The van der Waals surface area contributed by atoms with Gasteiger partial charge in [-0.15, -0.1) is 0 Å². The zero-order chi connectivity index (χ0) is 13.9. The van der Waals surface area contributed by atoms with E-state index in [9.17, 15) is 9.59 Å². The molecule has 0 radical (unpaired) electrons. The molecule has 18 heavy (non-hydrogen) atoms. The van der Waals surface area contributed by atoms with E-state index in [1.54, 1.807) is 30.7 Å². The van der Waals surface area contributed by atoms with Gasteiger partial charge in [0.1, 0.15) is 5.54 Å². The van der Waals surface area contributed by atoms with Crippen LogP contribution < -0.4 is 5.73 Å². The van der Waals surface area contributed by atoms with Gasteiger partial charge in [0, 0.05) is 20.1 Å². The molecule has 0 aromatic rings. The van der Waals surface area contributed by atoms with Crippen LogP contribution in [0.4, 0.5) is 0 Å². The molecule has 104 valence electrons. The molecule has 1 rings (SSSR count). The molecule has 5 heteroatoms. The predicted octanol–water partition coefficient (Wildman–Crippen LogP) is 0.583. The smallest absolute Gasteiger partial charge is 0.247 e. The summed E-state index contributed by atoms with van der Waals surface area (Å²) in [5.74, 6) is -0.125. The van der Waals surface area contributed by atoms with Crippen molar-refractivity contribution >= 4 is 11.8 Å². The number of nitrogens with zero attached hydrogens (tertiary/aromatic N) is 2. The number of piperazine rings is 1. The number of unbranched alkanes of at least 4 members (excludes halogenated alkanes) is 1. The minimum Gasteiger partial charge on any atom is -0.342 e. The summed E-state index contributed by atoms with van der Waals surface area (Å²) in [6.45, 7) is 6.79. The number of amides is 2. The molecule has 1 fully saturated rings. The molecular formula is C13H25N3O2. The van der Waals surface area contributed by atoms with Gasteiger partial charge in [0.05, 0.1) is 6.04 Å². The van der Waals surface area contributed by atoms with E-state index in [1.165, 1.54) is 0 Å². The average Bonchev–Trinajstić information content (AvgIpc) is 2.32. The first-order chi connectivity index (χ1) is 8.32. The average molecular weight is 255 g/mol. The van der Waals surface area contributed by atoms with Crippen molar-refractivity contribution in [3.8, 4) is 0 Å². The van der Waals surface area contributed by atoms with Crippen molar-refractivity contribution in [2.45, 2.75) is 51.6 Å². The van der Waals surface area contributed by atoms with Crippen LogP contribution in [-0.4, -0.2) is 53.3 Å². The third-order valence-corrected chi connectivity index (χ3v) is 3.66. The molecule has 1 heterocycles. The Balaban J connectivity index is 2.76. The number of carbonyl (C=O) groups is 2. The Morgan fingerprint density at radius 1 is 1.44 bits per heavy atom. The largest absolute Gasteiger partial charge is 0.342 e. The molecule has 0 spiro atoms. The van der Waals surface area contributed by atoms with E-state index in [4.69, 9.17) is 5.73 Å². The Bertz CT molecular complexity index is 328. The lowest BCUT2D eigenvalue weighted by molar-refractivity contribution is -0.158. The van der Waals surface area contributed by atoms with Crippen LogP contribution in [0.1, 0.15) is 40.0 Å². The van der Waals surface area contributed by atoms with Crippen LogP contribution in [0.15, 0.2) is 0 Å². The first-order valence-electron chi connectivity index (χ1n) is 6.65. The third-order valence-electron chi connectivity index (χ3n) is 3.66. The van der Waals surface area contributed by atoms with Crippen molar-refractivity contribution in [3.63, 3.8) is 0 Å². The molecule has 2 amide bonds. The van der Waals surface area contributed by atoms with Gasteiger partial charge >= 0.3 is 0 Å². The lowest BCUT2D eigenvalue weighted by Crippen LogP contribution is -2.65. The number of likely N-dealkylation sites (N-methyl/N-ethyl adjacent to an activating group) is 1. The maximum Gasteiger partial charge on any atom is 0.247 e. The Morgan fingerprint density at radius 3 is 2.61 bits per heavy atom. The van der Waals surface area contributed by atoms with Gasteiger partial charge in [0.15, 0.2) is 0 Å². The first-order valence-corrected chi connectivity index (χ1v) is 6.65. The van der Waals surface area contributed by atoms with Crippen LogP contribution in [0.25, 0.3) is 0 Å². The van der Waals surface area contributed by atoms with Crippen molar-refractivity contribution in [3.05, 3.63) is 0 Å². The van der Waals surface area contributed by atoms with Crippen LogP contribution in [0.3, 0.4) is 0 Å². The Morgan fingerprint density at radius 2 is 2.06 bits per heavy atom. The van der Waals surface area contributed by atoms with Crippen molar-refractivity contribution in [2.24, 2.45) is 5.73 Å². The number of hydrogen-bond acceptors (Lipinski definition) is 3. The quantitative estimate of drug-likeness (QED) is 0.799. The van der Waals surface area contributed by atoms with Gasteiger partial charge in [-0.2, -0.15) is 0 Å². The molecule has 0 bridgehead atoms. The van der Waals surface area contributed by atoms with E-state index in [0.29, 0.717) is 19.5 Å². The van der Waals surface area contributed by atoms with Crippen molar-refractivity contribution in [1.82, 2.24) is 9.80 Å². The molecule has 0 aromatic carbocycles. The van der Waals surface area contributed by atoms with Gasteiger partial charge in [0.2, 0.25) is 11.8 Å². The molecule has 0 aromatic heterocycles. The summed E-state index contributed by atoms with van der Waals surface area (Å²) in [5.41, 5.74) is 5.14. The van der Waals surface area contributed by atoms with E-state index in [-0.39, 0.29) is 11.8 Å². The van der Waals surface area contributed by atoms with Gasteiger partial charge in [-0.05, 0) is 20.3 Å². The molecule has 1 aliphatic rings. The monoisotopic (exact) mass is 255 g/mol. The van der Waals surface area contributed by atoms with Crippen LogP contribution in [0.5, 0.6) is 0 Å². The lowest BCUT2D eigenvalue weighted by Gasteiger charge is -2.45. The summed E-state index contributed by atoms with van der Waals surface area (Å²) in [7, 11) is 1.77. The SMILES string of the molecule is CCCC[C@H](N)C(=O)N1CCN(C)C(=O)C1(C)C. The Hall–Kier alpha value is -1.10. The Kier molecular flexibility index (Phi) is 4.73. The van der Waals surface area contributed by atoms with E-state index >= 15 is 0 Å². The number of nitrogens with two attached hydrogens (primary N) is 1. The minimum absolute atomic E-state index is 0.0233. The fraction of sp³-hybridized carbons (Fsp3) is 0.846. The van der Waals surface area contributed by atoms with E-state index < -0.39 is 11.6 Å². The fourth-order valence-corrected chi connectivity index (χ4v) is 2.35. The predicted molar refractivity (Wildman–Crippen MR) is 70.9 cm³/mol. The third kappa shape index (κ3) is 2.83. The summed E-state index contributed by atoms with van der Waals surface area (Å²) >= 11 is 0. The zero-order valence-electron chi connectivity index (χ0n) is 11.9. The molecular weight excluding hydrogens is 230 g/mol. The molecule has 5 nitrogen and oxygen atoms in total. The highest BCUT2D eigenvalue weighted by atomic mass is 16.2. The molecule has 1 saturated heterocycles. The number of carbonyl (C=O) groups excluding carboxylic acids is 2. The van der Waals surface area contributed by atoms with E-state index in [1.807, 2.05) is 0 Å². The minimum atomic E-state index is -0.784. The van der Waals surface area contributed by atoms with E-state index in [2.05, 4.69) is 6.92 Å². The standard InChI is InChI=1S/C13H25N3O2/c1-5-6-7-10(14)11(17)16-9-8-15(4)12(18)13(16,2)3/h10H,5-9,14H2,1-4H3/t10-/m0/s1. The molecule has 0 aliphatic carbocycles. The van der Waals surface area contributed by atoms with Gasteiger partial charge in [-0.25, -0.2) is 0 Å². The number of hydrogen-bond donors (Lipinski definition) is 1. The number of rotatable bonds is 4. The second-order valence-corrected chi connectivity index (χ2v) is 5.52. The van der Waals surface area contributed by atoms with Crippen molar-refractivity contribution in [2.75, 3.05) is 20.1 Å². The highest BCUT2D eigenvalue weighted by molar-refractivity contribution is 5.93. The normalized spacial score (nSPS) is 21.1. The van der Waals surface area contributed by atoms with Gasteiger partial charge in [-0.3, -0.25) is 9.59 Å². The molecule has 0 unspecified atom stereocenters. The fourth-order valence-electron chi connectivity index (χ4n) is 2.35. The molecule has 1 aliphatic heterocycles. The van der Waals surface area contributed by atoms with Crippen LogP contribution in [0.2, 0.25) is 0 Å². The summed E-state index contributed by atoms with van der Waals surface area (Å²) in [6, 6.07) is -0.486. The van der Waals surface area contributed by atoms with Crippen molar-refractivity contribution in [1.29, 1.82) is 0 Å². The van der Waals surface area contributed by atoms with Crippen molar-refractivity contribution < 1.29 is 9.59 Å². The highest BCUT2D eigenvalue weighted by Crippen LogP contribution is 2.22. The maximum atomic E-state index is 12.3. The lowest BCUT2D eigenvalue weighted by atomic mass is 9.96. The van der Waals surface area contributed by atoms with Gasteiger partial charge in [-0.1, -0.05) is 19.8 Å². The van der Waals surface area contributed by atoms with E-state index in [0.717, 1.165) is 12.8 Å². The van der Waals surface area contributed by atoms with Crippen LogP contribution in [0, 0.1) is 0 Å². The van der Waals surface area contributed by atoms with Gasteiger partial charge < -0.3 is 15.5 Å². The second-order valence-electron chi connectivity index (χ2n) is 5.52. The Labute approximate surface area is 109 Å². The zero-order valence-corrected chi connectivity index (χ0v) is 11.9.